The molecule has 0 saturated carbocycles. The van der Waals surface area contributed by atoms with Crippen LogP contribution in [-0.2, 0) is 17.7 Å². The third-order valence-corrected chi connectivity index (χ3v) is 3.85. The van der Waals surface area contributed by atoms with Gasteiger partial charge in [0.2, 0.25) is 0 Å². The van der Waals surface area contributed by atoms with Crippen LogP contribution >= 0.6 is 11.6 Å². The van der Waals surface area contributed by atoms with Crippen LogP contribution in [0.5, 0.6) is 0 Å². The number of carbonyl (C=O) groups excluding carboxylic acids is 1. The van der Waals surface area contributed by atoms with Crippen molar-refractivity contribution in [3.05, 3.63) is 58.6 Å². The van der Waals surface area contributed by atoms with Gasteiger partial charge in [-0.25, -0.2) is 4.79 Å². The van der Waals surface area contributed by atoms with Gasteiger partial charge in [-0.2, -0.15) is 0 Å². The van der Waals surface area contributed by atoms with Crippen molar-refractivity contribution in [2.45, 2.75) is 46.3 Å². The first kappa shape index (κ1) is 18.3. The van der Waals surface area contributed by atoms with Crippen LogP contribution in [0.15, 0.2) is 42.5 Å². The lowest BCUT2D eigenvalue weighted by molar-refractivity contribution is 0.0523. The summed E-state index contributed by atoms with van der Waals surface area (Å²) in [5.74, 6) is 0. The molecule has 0 unspecified atom stereocenters. The molecule has 1 amide bonds. The van der Waals surface area contributed by atoms with Crippen molar-refractivity contribution in [2.24, 2.45) is 0 Å². The fraction of sp³-hybridized carbons (Fsp3) is 0.350. The van der Waals surface area contributed by atoms with Crippen LogP contribution in [0.3, 0.4) is 0 Å². The van der Waals surface area contributed by atoms with Crippen LogP contribution in [-0.4, -0.2) is 11.7 Å². The Morgan fingerprint density at radius 1 is 1.17 bits per heavy atom. The minimum Gasteiger partial charge on any atom is -0.444 e. The number of hydrogen-bond acceptors (Lipinski definition) is 2. The summed E-state index contributed by atoms with van der Waals surface area (Å²) in [5, 5.41) is 3.53. The predicted molar refractivity (Wildman–Crippen MR) is 99.3 cm³/mol. The summed E-state index contributed by atoms with van der Waals surface area (Å²) in [7, 11) is 0. The van der Waals surface area contributed by atoms with Crippen molar-refractivity contribution in [2.75, 3.05) is 0 Å². The van der Waals surface area contributed by atoms with Gasteiger partial charge in [-0.05, 0) is 56.0 Å². The largest absolute Gasteiger partial charge is 0.444 e. The molecule has 0 aliphatic carbocycles. The second kappa shape index (κ2) is 7.71. The minimum atomic E-state index is -0.500. The maximum Gasteiger partial charge on any atom is 0.407 e. The van der Waals surface area contributed by atoms with E-state index < -0.39 is 11.7 Å². The molecule has 0 aliphatic heterocycles. The molecular weight excluding hydrogens is 322 g/mol. The minimum absolute atomic E-state index is 0.411. The molecule has 4 heteroatoms. The van der Waals surface area contributed by atoms with E-state index in [1.165, 1.54) is 5.56 Å². The Balaban J connectivity index is 2.17. The second-order valence-electron chi connectivity index (χ2n) is 6.68. The van der Waals surface area contributed by atoms with Crippen LogP contribution in [0.4, 0.5) is 4.79 Å². The second-order valence-corrected chi connectivity index (χ2v) is 7.09. The molecule has 128 valence electrons. The summed E-state index contributed by atoms with van der Waals surface area (Å²) in [4.78, 5) is 11.8. The van der Waals surface area contributed by atoms with Crippen LogP contribution in [0.1, 0.15) is 38.8 Å². The first-order valence-electron chi connectivity index (χ1n) is 8.13. The summed E-state index contributed by atoms with van der Waals surface area (Å²) in [6, 6.07) is 14.0. The number of aryl methyl sites for hydroxylation is 1. The Labute approximate surface area is 149 Å². The number of nitrogens with one attached hydrogen (secondary N) is 1. The van der Waals surface area contributed by atoms with E-state index in [4.69, 9.17) is 16.3 Å². The molecule has 3 nitrogen and oxygen atoms in total. The highest BCUT2D eigenvalue weighted by Crippen LogP contribution is 2.32. The Morgan fingerprint density at radius 2 is 1.88 bits per heavy atom. The number of ether oxygens (including phenoxy) is 1. The number of rotatable bonds is 4. The Hall–Kier alpha value is -2.00. The molecule has 0 aromatic heterocycles. The summed E-state index contributed by atoms with van der Waals surface area (Å²) in [5.41, 5.74) is 3.82. The van der Waals surface area contributed by atoms with Gasteiger partial charge in [0.15, 0.2) is 0 Å². The van der Waals surface area contributed by atoms with Crippen molar-refractivity contribution < 1.29 is 9.53 Å². The van der Waals surface area contributed by atoms with Crippen LogP contribution < -0.4 is 5.32 Å². The van der Waals surface area contributed by atoms with Gasteiger partial charge in [-0.1, -0.05) is 48.9 Å². The van der Waals surface area contributed by atoms with E-state index in [9.17, 15) is 4.79 Å². The molecule has 0 spiro atoms. The Morgan fingerprint density at radius 3 is 2.54 bits per heavy atom. The topological polar surface area (TPSA) is 38.3 Å². The van der Waals surface area contributed by atoms with Crippen LogP contribution in [0, 0.1) is 0 Å². The predicted octanol–water partition coefficient (Wildman–Crippen LogP) is 5.59. The molecule has 0 saturated heterocycles. The molecule has 0 bridgehead atoms. The van der Waals surface area contributed by atoms with Gasteiger partial charge in [-0.3, -0.25) is 0 Å². The average Bonchev–Trinajstić information content (AvgIpc) is 2.51. The number of halogens is 1. The summed E-state index contributed by atoms with van der Waals surface area (Å²) in [6.45, 7) is 8.06. The SMILES string of the molecule is CCc1cccc(Cl)c1-c1cccc(CNC(=O)OC(C)(C)C)c1. The lowest BCUT2D eigenvalue weighted by atomic mass is 9.96. The molecule has 2 aromatic rings. The number of carbonyl (C=O) groups is 1. The normalized spacial score (nSPS) is 11.2. The van der Waals surface area contributed by atoms with Crippen molar-refractivity contribution >= 4 is 17.7 Å². The zero-order valence-corrected chi connectivity index (χ0v) is 15.4. The van der Waals surface area contributed by atoms with Crippen molar-refractivity contribution in [1.82, 2.24) is 5.32 Å². The summed E-state index contributed by atoms with van der Waals surface area (Å²) in [6.07, 6.45) is 0.496. The number of alkyl carbamates (subject to hydrolysis) is 1. The molecular formula is C20H24ClNO2. The molecule has 2 rings (SSSR count). The van der Waals surface area contributed by atoms with E-state index in [-0.39, 0.29) is 0 Å². The van der Waals surface area contributed by atoms with Gasteiger partial charge in [0.25, 0.3) is 0 Å². The van der Waals surface area contributed by atoms with Crippen molar-refractivity contribution in [3.63, 3.8) is 0 Å². The molecule has 0 fully saturated rings. The Kier molecular flexibility index (Phi) is 5.89. The maximum absolute atomic E-state index is 11.8. The molecule has 1 N–H and O–H groups in total. The highest BCUT2D eigenvalue weighted by Gasteiger charge is 2.16. The smallest absolute Gasteiger partial charge is 0.407 e. The van der Waals surface area contributed by atoms with Gasteiger partial charge < -0.3 is 10.1 Å². The van der Waals surface area contributed by atoms with Crippen LogP contribution in [0.25, 0.3) is 11.1 Å². The van der Waals surface area contributed by atoms with Gasteiger partial charge in [0.1, 0.15) is 5.60 Å². The Bertz CT molecular complexity index is 720. The fourth-order valence-corrected chi connectivity index (χ4v) is 2.82. The quantitative estimate of drug-likeness (QED) is 0.783. The van der Waals surface area contributed by atoms with Crippen LogP contribution in [0.2, 0.25) is 5.02 Å². The van der Waals surface area contributed by atoms with E-state index in [2.05, 4.69) is 24.4 Å². The summed E-state index contributed by atoms with van der Waals surface area (Å²) >= 11 is 6.41. The molecule has 24 heavy (non-hydrogen) atoms. The van der Waals surface area contributed by atoms with Gasteiger partial charge in [0.05, 0.1) is 0 Å². The molecule has 0 aliphatic rings. The third kappa shape index (κ3) is 5.00. The van der Waals surface area contributed by atoms with E-state index in [1.807, 2.05) is 51.1 Å². The molecule has 0 heterocycles. The van der Waals surface area contributed by atoms with E-state index in [0.717, 1.165) is 28.1 Å². The highest BCUT2D eigenvalue weighted by molar-refractivity contribution is 6.33. The molecule has 0 radical (unpaired) electrons. The van der Waals surface area contributed by atoms with Crippen molar-refractivity contribution in [3.8, 4) is 11.1 Å². The number of benzene rings is 2. The van der Waals surface area contributed by atoms with Gasteiger partial charge >= 0.3 is 6.09 Å². The van der Waals surface area contributed by atoms with Gasteiger partial charge in [0, 0.05) is 17.1 Å². The highest BCUT2D eigenvalue weighted by atomic mass is 35.5. The fourth-order valence-electron chi connectivity index (χ4n) is 2.51. The first-order chi connectivity index (χ1) is 11.3. The van der Waals surface area contributed by atoms with E-state index in [1.54, 1.807) is 0 Å². The third-order valence-electron chi connectivity index (χ3n) is 3.53. The number of amides is 1. The van der Waals surface area contributed by atoms with E-state index in [0.29, 0.717) is 6.54 Å². The van der Waals surface area contributed by atoms with E-state index >= 15 is 0 Å². The molecule has 2 aromatic carbocycles. The lowest BCUT2D eigenvalue weighted by Gasteiger charge is -2.19. The zero-order valence-electron chi connectivity index (χ0n) is 14.7. The lowest BCUT2D eigenvalue weighted by Crippen LogP contribution is -2.32. The average molecular weight is 346 g/mol. The van der Waals surface area contributed by atoms with Crippen molar-refractivity contribution in [1.29, 1.82) is 0 Å². The maximum atomic E-state index is 11.8. The number of hydrogen-bond donors (Lipinski definition) is 1. The standard InChI is InChI=1S/C20H24ClNO2/c1-5-15-9-7-11-17(21)18(15)16-10-6-8-14(12-16)13-22-19(23)24-20(2,3)4/h6-12H,5,13H2,1-4H3,(H,22,23). The first-order valence-corrected chi connectivity index (χ1v) is 8.51. The molecule has 0 atom stereocenters. The zero-order chi connectivity index (χ0) is 17.7. The monoisotopic (exact) mass is 345 g/mol. The van der Waals surface area contributed by atoms with Gasteiger partial charge in [-0.15, -0.1) is 0 Å². The summed E-state index contributed by atoms with van der Waals surface area (Å²) < 4.78 is 5.26.